The smallest absolute Gasteiger partial charge is 0.338 e. The average Bonchev–Trinajstić information content (AvgIpc) is 2.80. The third-order valence-electron chi connectivity index (χ3n) is 4.24. The largest absolute Gasteiger partial charge is 0.462 e. The van der Waals surface area contributed by atoms with Crippen LogP contribution in [0.15, 0.2) is 72.0 Å². The fraction of sp³-hybridized carbons (Fsp3) is 0.130. The van der Waals surface area contributed by atoms with Crippen molar-refractivity contribution >= 4 is 23.5 Å². The Morgan fingerprint density at radius 3 is 2.31 bits per heavy atom. The van der Waals surface area contributed by atoms with Crippen molar-refractivity contribution in [1.82, 2.24) is 10.3 Å². The molecular weight excluding hydrogens is 418 g/mol. The average molecular weight is 438 g/mol. The van der Waals surface area contributed by atoms with Crippen molar-refractivity contribution in [3.63, 3.8) is 0 Å². The van der Waals surface area contributed by atoms with Crippen LogP contribution in [0.25, 0.3) is 0 Å². The van der Waals surface area contributed by atoms with Gasteiger partial charge < -0.3 is 10.1 Å². The molecule has 0 aliphatic heterocycles. The Bertz CT molecular complexity index is 1120. The molecule has 3 aromatic rings. The lowest BCUT2D eigenvalue weighted by Gasteiger charge is -2.12. The number of nitrogens with zero attached hydrogens (tertiary/aromatic N) is 2. The van der Waals surface area contributed by atoms with E-state index in [1.165, 1.54) is 6.07 Å². The van der Waals surface area contributed by atoms with E-state index in [2.05, 4.69) is 20.6 Å². The number of nitrogens with one attached hydrogen (secondary N) is 2. The topological polar surface area (TPSA) is 92.7 Å². The summed E-state index contributed by atoms with van der Waals surface area (Å²) in [6, 6.07) is 12.8. The molecule has 0 saturated heterocycles. The van der Waals surface area contributed by atoms with Crippen LogP contribution in [0.5, 0.6) is 0 Å². The molecule has 2 N–H and O–H groups in total. The molecule has 0 atom stereocenters. The summed E-state index contributed by atoms with van der Waals surface area (Å²) in [6.45, 7) is 2.21. The fourth-order valence-electron chi connectivity index (χ4n) is 2.63. The van der Waals surface area contributed by atoms with Gasteiger partial charge in [-0.1, -0.05) is 0 Å². The lowest BCUT2D eigenvalue weighted by molar-refractivity contribution is 0.0526. The Morgan fingerprint density at radius 1 is 0.969 bits per heavy atom. The van der Waals surface area contributed by atoms with E-state index < -0.39 is 23.5 Å². The first-order chi connectivity index (χ1) is 15.5. The van der Waals surface area contributed by atoms with Gasteiger partial charge >= 0.3 is 5.97 Å². The number of amides is 1. The highest BCUT2D eigenvalue weighted by Gasteiger charge is 2.13. The summed E-state index contributed by atoms with van der Waals surface area (Å²) in [4.78, 5) is 32.7. The highest BCUT2D eigenvalue weighted by atomic mass is 19.2. The summed E-state index contributed by atoms with van der Waals surface area (Å²) in [7, 11) is 0. The molecule has 3 rings (SSSR count). The maximum atomic E-state index is 13.5. The zero-order chi connectivity index (χ0) is 22.9. The van der Waals surface area contributed by atoms with Crippen LogP contribution in [-0.4, -0.2) is 29.4 Å². The van der Waals surface area contributed by atoms with E-state index in [0.717, 1.165) is 17.7 Å². The van der Waals surface area contributed by atoms with Gasteiger partial charge in [0.1, 0.15) is 0 Å². The minimum Gasteiger partial charge on any atom is -0.462 e. The highest BCUT2D eigenvalue weighted by Crippen LogP contribution is 2.12. The number of guanidine groups is 1. The molecule has 2 aromatic carbocycles. The number of esters is 1. The Labute approximate surface area is 183 Å². The van der Waals surface area contributed by atoms with Crippen LogP contribution in [0.3, 0.4) is 0 Å². The number of anilines is 1. The summed E-state index contributed by atoms with van der Waals surface area (Å²) in [5, 5.41) is 5.52. The van der Waals surface area contributed by atoms with Crippen molar-refractivity contribution in [1.29, 1.82) is 0 Å². The van der Waals surface area contributed by atoms with Crippen molar-refractivity contribution in [2.75, 3.05) is 11.9 Å². The molecule has 0 bridgehead atoms. The van der Waals surface area contributed by atoms with Gasteiger partial charge in [-0.05, 0) is 67.1 Å². The summed E-state index contributed by atoms with van der Waals surface area (Å²) >= 11 is 0. The molecule has 1 aromatic heterocycles. The lowest BCUT2D eigenvalue weighted by Crippen LogP contribution is -2.36. The number of ether oxygens (including phenoxy) is 1. The van der Waals surface area contributed by atoms with Crippen LogP contribution in [0.2, 0.25) is 0 Å². The number of hydrogen-bond acceptors (Lipinski definition) is 5. The second-order valence-corrected chi connectivity index (χ2v) is 6.53. The Hall–Kier alpha value is -4.14. The van der Waals surface area contributed by atoms with Crippen molar-refractivity contribution in [3.8, 4) is 0 Å². The van der Waals surface area contributed by atoms with Crippen LogP contribution < -0.4 is 10.6 Å². The fourth-order valence-corrected chi connectivity index (χ4v) is 2.63. The summed E-state index contributed by atoms with van der Waals surface area (Å²) < 4.78 is 31.6. The normalized spacial score (nSPS) is 11.0. The van der Waals surface area contributed by atoms with E-state index >= 15 is 0 Å². The number of aliphatic imine (C=N–C) groups is 1. The molecule has 0 fully saturated rings. The number of carbonyl (C=O) groups excluding carboxylic acids is 2. The second-order valence-electron chi connectivity index (χ2n) is 6.53. The molecule has 0 aliphatic carbocycles. The SMILES string of the molecule is CCOC(=O)c1ccc(NC(=NCc2ccncc2)NC(=O)c2ccc(F)c(F)c2)cc1. The van der Waals surface area contributed by atoms with Crippen molar-refractivity contribution < 1.29 is 23.1 Å². The molecule has 0 spiro atoms. The van der Waals surface area contributed by atoms with Gasteiger partial charge in [0.05, 0.1) is 18.7 Å². The maximum Gasteiger partial charge on any atom is 0.338 e. The highest BCUT2D eigenvalue weighted by molar-refractivity contribution is 6.10. The van der Waals surface area contributed by atoms with Crippen molar-refractivity contribution in [3.05, 3.63) is 95.3 Å². The number of aromatic nitrogens is 1. The van der Waals surface area contributed by atoms with Gasteiger partial charge in [0.25, 0.3) is 5.91 Å². The number of pyridine rings is 1. The summed E-state index contributed by atoms with van der Waals surface area (Å²) in [5.74, 6) is -3.21. The first-order valence-electron chi connectivity index (χ1n) is 9.70. The van der Waals surface area contributed by atoms with E-state index in [4.69, 9.17) is 4.74 Å². The molecule has 164 valence electrons. The van der Waals surface area contributed by atoms with E-state index in [1.54, 1.807) is 55.7 Å². The lowest BCUT2D eigenvalue weighted by atomic mass is 10.2. The zero-order valence-corrected chi connectivity index (χ0v) is 17.1. The molecule has 0 aliphatic rings. The molecule has 32 heavy (non-hydrogen) atoms. The Morgan fingerprint density at radius 2 is 1.66 bits per heavy atom. The molecule has 1 amide bonds. The minimum absolute atomic E-state index is 0.0695. The molecule has 7 nitrogen and oxygen atoms in total. The quantitative estimate of drug-likeness (QED) is 0.346. The van der Waals surface area contributed by atoms with Gasteiger partial charge in [0.2, 0.25) is 5.96 Å². The molecule has 9 heteroatoms. The van der Waals surface area contributed by atoms with Gasteiger partial charge in [0, 0.05) is 23.6 Å². The molecular formula is C23H20F2N4O3. The predicted octanol–water partition coefficient (Wildman–Crippen LogP) is 3.93. The van der Waals surface area contributed by atoms with E-state index in [1.807, 2.05) is 0 Å². The van der Waals surface area contributed by atoms with Crippen molar-refractivity contribution in [2.45, 2.75) is 13.5 Å². The predicted molar refractivity (Wildman–Crippen MR) is 115 cm³/mol. The van der Waals surface area contributed by atoms with Gasteiger partial charge in [-0.15, -0.1) is 0 Å². The number of halogens is 2. The molecule has 0 unspecified atom stereocenters. The Kier molecular flexibility index (Phi) is 7.58. The van der Waals surface area contributed by atoms with Gasteiger partial charge in [-0.25, -0.2) is 18.6 Å². The third-order valence-corrected chi connectivity index (χ3v) is 4.24. The molecule has 0 saturated carbocycles. The van der Waals surface area contributed by atoms with Crippen LogP contribution in [0.1, 0.15) is 33.2 Å². The Balaban J connectivity index is 1.79. The summed E-state index contributed by atoms with van der Waals surface area (Å²) in [6.07, 6.45) is 3.23. The zero-order valence-electron chi connectivity index (χ0n) is 17.1. The second kappa shape index (κ2) is 10.8. The minimum atomic E-state index is -1.13. The van der Waals surface area contributed by atoms with Gasteiger partial charge in [-0.3, -0.25) is 15.1 Å². The number of rotatable bonds is 6. The van der Waals surface area contributed by atoms with E-state index in [0.29, 0.717) is 11.3 Å². The maximum absolute atomic E-state index is 13.5. The standard InChI is InChI=1S/C23H20F2N4O3/c1-2-32-22(31)16-3-6-18(7-4-16)28-23(27-14-15-9-11-26-12-10-15)29-21(30)17-5-8-19(24)20(25)13-17/h3-13H,2,14H2,1H3,(H2,27,28,29,30). The van der Waals surface area contributed by atoms with Crippen LogP contribution in [-0.2, 0) is 11.3 Å². The van der Waals surface area contributed by atoms with Crippen LogP contribution in [0.4, 0.5) is 14.5 Å². The van der Waals surface area contributed by atoms with Crippen LogP contribution >= 0.6 is 0 Å². The molecule has 1 heterocycles. The van der Waals surface area contributed by atoms with E-state index in [9.17, 15) is 18.4 Å². The number of carbonyl (C=O) groups is 2. The van der Waals surface area contributed by atoms with Crippen molar-refractivity contribution in [2.24, 2.45) is 4.99 Å². The van der Waals surface area contributed by atoms with Gasteiger partial charge in [0.15, 0.2) is 11.6 Å². The van der Waals surface area contributed by atoms with E-state index in [-0.39, 0.29) is 24.7 Å². The summed E-state index contributed by atoms with van der Waals surface area (Å²) in [5.41, 5.74) is 1.69. The number of benzene rings is 2. The monoisotopic (exact) mass is 438 g/mol. The molecule has 0 radical (unpaired) electrons. The first-order valence-corrected chi connectivity index (χ1v) is 9.70. The third kappa shape index (κ3) is 6.18. The number of hydrogen-bond donors (Lipinski definition) is 2. The first kappa shape index (κ1) is 22.5. The van der Waals surface area contributed by atoms with Gasteiger partial charge in [-0.2, -0.15) is 0 Å². The van der Waals surface area contributed by atoms with Crippen LogP contribution in [0, 0.1) is 11.6 Å².